The molecule has 0 saturated carbocycles. The van der Waals surface area contributed by atoms with Crippen molar-refractivity contribution < 1.29 is 22.7 Å². The predicted molar refractivity (Wildman–Crippen MR) is 51.9 cm³/mol. The van der Waals surface area contributed by atoms with Crippen LogP contribution in [0.2, 0.25) is 0 Å². The van der Waals surface area contributed by atoms with Crippen molar-refractivity contribution in [1.29, 1.82) is 0 Å². The van der Waals surface area contributed by atoms with Crippen LogP contribution in [0.3, 0.4) is 0 Å². The molecular formula is C10H10F3NO2. The zero-order valence-corrected chi connectivity index (χ0v) is 8.68. The van der Waals surface area contributed by atoms with Crippen LogP contribution in [-0.4, -0.2) is 13.1 Å². The summed E-state index contributed by atoms with van der Waals surface area (Å²) in [4.78, 5) is 11.2. The van der Waals surface area contributed by atoms with E-state index in [9.17, 15) is 18.0 Å². The second-order valence-electron chi connectivity index (χ2n) is 3.25. The van der Waals surface area contributed by atoms with Crippen LogP contribution >= 0.6 is 0 Å². The molecular weight excluding hydrogens is 223 g/mol. The van der Waals surface area contributed by atoms with Crippen molar-refractivity contribution in [3.8, 4) is 0 Å². The van der Waals surface area contributed by atoms with Crippen molar-refractivity contribution >= 4 is 11.7 Å². The van der Waals surface area contributed by atoms with Crippen LogP contribution in [0.4, 0.5) is 18.9 Å². The Balaban J connectivity index is 3.34. The minimum absolute atomic E-state index is 0.0319. The zero-order valence-electron chi connectivity index (χ0n) is 8.68. The lowest BCUT2D eigenvalue weighted by atomic mass is 10.0. The number of nitrogens with two attached hydrogens (primary N) is 1. The van der Waals surface area contributed by atoms with Gasteiger partial charge in [-0.25, -0.2) is 4.79 Å². The first kappa shape index (κ1) is 12.4. The van der Waals surface area contributed by atoms with E-state index in [1.807, 2.05) is 0 Å². The summed E-state index contributed by atoms with van der Waals surface area (Å²) >= 11 is 0. The van der Waals surface area contributed by atoms with E-state index in [1.165, 1.54) is 6.92 Å². The lowest BCUT2D eigenvalue weighted by molar-refractivity contribution is -0.137. The number of anilines is 1. The summed E-state index contributed by atoms with van der Waals surface area (Å²) in [6, 6.07) is 1.59. The fourth-order valence-corrected chi connectivity index (χ4v) is 1.36. The van der Waals surface area contributed by atoms with E-state index in [0.717, 1.165) is 19.2 Å². The van der Waals surface area contributed by atoms with Crippen molar-refractivity contribution in [3.63, 3.8) is 0 Å². The number of nitrogen functional groups attached to an aromatic ring is 1. The highest BCUT2D eigenvalue weighted by molar-refractivity contribution is 5.96. The third-order valence-electron chi connectivity index (χ3n) is 2.08. The molecule has 0 saturated heterocycles. The summed E-state index contributed by atoms with van der Waals surface area (Å²) < 4.78 is 41.6. The molecule has 0 aromatic heterocycles. The quantitative estimate of drug-likeness (QED) is 0.598. The summed E-state index contributed by atoms with van der Waals surface area (Å²) in [5.41, 5.74) is 4.38. The molecule has 0 aliphatic rings. The maximum absolute atomic E-state index is 12.4. The van der Waals surface area contributed by atoms with E-state index < -0.39 is 17.7 Å². The number of carbonyl (C=O) groups excluding carboxylic acids is 1. The van der Waals surface area contributed by atoms with Gasteiger partial charge < -0.3 is 10.5 Å². The Hall–Kier alpha value is -1.72. The number of aryl methyl sites for hydroxylation is 1. The molecule has 0 amide bonds. The van der Waals surface area contributed by atoms with Gasteiger partial charge in [-0.15, -0.1) is 0 Å². The van der Waals surface area contributed by atoms with Crippen LogP contribution in [0.15, 0.2) is 12.1 Å². The molecule has 6 heteroatoms. The molecule has 0 heterocycles. The minimum atomic E-state index is -4.48. The number of hydrogen-bond donors (Lipinski definition) is 1. The lowest BCUT2D eigenvalue weighted by Gasteiger charge is -2.12. The lowest BCUT2D eigenvalue weighted by Crippen LogP contribution is -2.12. The topological polar surface area (TPSA) is 52.3 Å². The number of benzene rings is 1. The zero-order chi connectivity index (χ0) is 12.5. The monoisotopic (exact) mass is 233 g/mol. The number of alkyl halides is 3. The molecule has 0 spiro atoms. The molecule has 16 heavy (non-hydrogen) atoms. The Morgan fingerprint density at radius 2 is 1.94 bits per heavy atom. The number of rotatable bonds is 1. The van der Waals surface area contributed by atoms with Gasteiger partial charge in [-0.2, -0.15) is 13.2 Å². The van der Waals surface area contributed by atoms with Gasteiger partial charge in [-0.1, -0.05) is 0 Å². The first-order valence-corrected chi connectivity index (χ1v) is 4.33. The van der Waals surface area contributed by atoms with E-state index in [2.05, 4.69) is 4.74 Å². The number of methoxy groups -OCH3 is 1. The van der Waals surface area contributed by atoms with Crippen molar-refractivity contribution in [1.82, 2.24) is 0 Å². The molecule has 0 bridgehead atoms. The molecule has 0 aliphatic heterocycles. The first-order chi connectivity index (χ1) is 7.27. The van der Waals surface area contributed by atoms with Crippen molar-refractivity contribution in [3.05, 3.63) is 28.8 Å². The third-order valence-corrected chi connectivity index (χ3v) is 2.08. The van der Waals surface area contributed by atoms with Crippen LogP contribution in [0.25, 0.3) is 0 Å². The molecule has 88 valence electrons. The average Bonchev–Trinajstić information content (AvgIpc) is 2.14. The Labute approximate surface area is 90.0 Å². The van der Waals surface area contributed by atoms with Crippen LogP contribution in [0.5, 0.6) is 0 Å². The van der Waals surface area contributed by atoms with Gasteiger partial charge in [0.2, 0.25) is 0 Å². The molecule has 1 aromatic rings. The highest BCUT2D eigenvalue weighted by atomic mass is 19.4. The molecule has 0 aliphatic carbocycles. The maximum atomic E-state index is 12.4. The first-order valence-electron chi connectivity index (χ1n) is 4.33. The molecule has 1 rings (SSSR count). The van der Waals surface area contributed by atoms with Gasteiger partial charge in [0, 0.05) is 5.69 Å². The SMILES string of the molecule is COC(=O)c1c(C)cc(C(F)(F)F)cc1N. The third kappa shape index (κ3) is 2.26. The van der Waals surface area contributed by atoms with E-state index in [1.54, 1.807) is 0 Å². The smallest absolute Gasteiger partial charge is 0.416 e. The fraction of sp³-hybridized carbons (Fsp3) is 0.300. The van der Waals surface area contributed by atoms with E-state index in [4.69, 9.17) is 5.73 Å². The predicted octanol–water partition coefficient (Wildman–Crippen LogP) is 2.38. The summed E-state index contributed by atoms with van der Waals surface area (Å²) in [6.07, 6.45) is -4.48. The van der Waals surface area contributed by atoms with E-state index in [-0.39, 0.29) is 16.8 Å². The van der Waals surface area contributed by atoms with Gasteiger partial charge in [0.1, 0.15) is 0 Å². The van der Waals surface area contributed by atoms with Crippen LogP contribution < -0.4 is 5.73 Å². The average molecular weight is 233 g/mol. The fourth-order valence-electron chi connectivity index (χ4n) is 1.36. The molecule has 0 radical (unpaired) electrons. The molecule has 0 fully saturated rings. The number of halogens is 3. The van der Waals surface area contributed by atoms with Crippen LogP contribution in [0.1, 0.15) is 21.5 Å². The normalized spacial score (nSPS) is 11.3. The Morgan fingerprint density at radius 3 is 2.31 bits per heavy atom. The largest absolute Gasteiger partial charge is 0.465 e. The van der Waals surface area contributed by atoms with Gasteiger partial charge in [-0.3, -0.25) is 0 Å². The summed E-state index contributed by atoms with van der Waals surface area (Å²) in [7, 11) is 1.14. The van der Waals surface area contributed by atoms with Crippen LogP contribution in [0, 0.1) is 6.92 Å². The van der Waals surface area contributed by atoms with E-state index in [0.29, 0.717) is 0 Å². The Kier molecular flexibility index (Phi) is 3.11. The number of hydrogen-bond acceptors (Lipinski definition) is 3. The molecule has 3 nitrogen and oxygen atoms in total. The second kappa shape index (κ2) is 4.03. The summed E-state index contributed by atoms with van der Waals surface area (Å²) in [5.74, 6) is -0.747. The summed E-state index contributed by atoms with van der Waals surface area (Å²) in [6.45, 7) is 1.37. The number of ether oxygens (including phenoxy) is 1. The molecule has 2 N–H and O–H groups in total. The van der Waals surface area contributed by atoms with Gasteiger partial charge >= 0.3 is 12.1 Å². The van der Waals surface area contributed by atoms with Crippen molar-refractivity contribution in [2.75, 3.05) is 12.8 Å². The standard InChI is InChI=1S/C10H10F3NO2/c1-5-3-6(10(11,12)13)4-7(14)8(5)9(15)16-2/h3-4H,14H2,1-2H3. The molecule has 0 unspecified atom stereocenters. The Bertz CT molecular complexity index is 404. The highest BCUT2D eigenvalue weighted by Crippen LogP contribution is 2.33. The van der Waals surface area contributed by atoms with Gasteiger partial charge in [-0.05, 0) is 24.6 Å². The number of esters is 1. The maximum Gasteiger partial charge on any atom is 0.416 e. The second-order valence-corrected chi connectivity index (χ2v) is 3.25. The molecule has 0 atom stereocenters. The molecule has 1 aromatic carbocycles. The van der Waals surface area contributed by atoms with Crippen molar-refractivity contribution in [2.24, 2.45) is 0 Å². The van der Waals surface area contributed by atoms with Gasteiger partial charge in [0.15, 0.2) is 0 Å². The van der Waals surface area contributed by atoms with Crippen molar-refractivity contribution in [2.45, 2.75) is 13.1 Å². The van der Waals surface area contributed by atoms with Crippen LogP contribution in [-0.2, 0) is 10.9 Å². The minimum Gasteiger partial charge on any atom is -0.465 e. The van der Waals surface area contributed by atoms with Gasteiger partial charge in [0.05, 0.1) is 18.2 Å². The number of carbonyl (C=O) groups is 1. The van der Waals surface area contributed by atoms with E-state index >= 15 is 0 Å². The Morgan fingerprint density at radius 1 is 1.38 bits per heavy atom. The highest BCUT2D eigenvalue weighted by Gasteiger charge is 2.32. The summed E-state index contributed by atoms with van der Waals surface area (Å²) in [5, 5.41) is 0. The van der Waals surface area contributed by atoms with Gasteiger partial charge in [0.25, 0.3) is 0 Å².